The molecule has 0 saturated carbocycles. The van der Waals surface area contributed by atoms with Gasteiger partial charge in [0, 0.05) is 12.5 Å². The van der Waals surface area contributed by atoms with Crippen LogP contribution in [0.3, 0.4) is 0 Å². The minimum atomic E-state index is -0.399. The number of hydrogen-bond acceptors (Lipinski definition) is 3. The summed E-state index contributed by atoms with van der Waals surface area (Å²) < 4.78 is 0. The third-order valence-corrected chi connectivity index (χ3v) is 3.14. The SMILES string of the molecule is CC(Cc1ccccc1)NNC(=O)C1CCC(=O)N1. The zero-order valence-corrected chi connectivity index (χ0v) is 11.0. The van der Waals surface area contributed by atoms with E-state index in [-0.39, 0.29) is 17.9 Å². The van der Waals surface area contributed by atoms with Gasteiger partial charge in [-0.05, 0) is 25.3 Å². The Morgan fingerprint density at radius 2 is 2.16 bits per heavy atom. The molecule has 0 radical (unpaired) electrons. The molecule has 2 atom stereocenters. The van der Waals surface area contributed by atoms with E-state index in [1.807, 2.05) is 25.1 Å². The Morgan fingerprint density at radius 1 is 1.42 bits per heavy atom. The van der Waals surface area contributed by atoms with Crippen molar-refractivity contribution < 1.29 is 9.59 Å². The van der Waals surface area contributed by atoms with E-state index in [0.29, 0.717) is 12.8 Å². The second-order valence-electron chi connectivity index (χ2n) is 4.88. The average Bonchev–Trinajstić information content (AvgIpc) is 2.84. The van der Waals surface area contributed by atoms with Crippen LogP contribution in [0, 0.1) is 0 Å². The highest BCUT2D eigenvalue weighted by Crippen LogP contribution is 2.06. The molecule has 1 saturated heterocycles. The lowest BCUT2D eigenvalue weighted by Crippen LogP contribution is -2.50. The lowest BCUT2D eigenvalue weighted by atomic mass is 10.1. The molecule has 1 aliphatic heterocycles. The molecule has 1 aromatic carbocycles. The van der Waals surface area contributed by atoms with Crippen molar-refractivity contribution in [3.8, 4) is 0 Å². The van der Waals surface area contributed by atoms with Gasteiger partial charge in [0.1, 0.15) is 6.04 Å². The van der Waals surface area contributed by atoms with Crippen LogP contribution in [0.25, 0.3) is 0 Å². The first kappa shape index (κ1) is 13.5. The molecule has 1 fully saturated rings. The molecule has 19 heavy (non-hydrogen) atoms. The fourth-order valence-electron chi connectivity index (χ4n) is 2.11. The van der Waals surface area contributed by atoms with E-state index >= 15 is 0 Å². The van der Waals surface area contributed by atoms with Gasteiger partial charge in [-0.15, -0.1) is 0 Å². The highest BCUT2D eigenvalue weighted by Gasteiger charge is 2.27. The lowest BCUT2D eigenvalue weighted by molar-refractivity contribution is -0.126. The van der Waals surface area contributed by atoms with Gasteiger partial charge >= 0.3 is 0 Å². The highest BCUT2D eigenvalue weighted by molar-refractivity contribution is 5.90. The maximum atomic E-state index is 11.8. The summed E-state index contributed by atoms with van der Waals surface area (Å²) >= 11 is 0. The summed E-state index contributed by atoms with van der Waals surface area (Å²) in [4.78, 5) is 22.8. The van der Waals surface area contributed by atoms with Crippen LogP contribution in [-0.2, 0) is 16.0 Å². The quantitative estimate of drug-likeness (QED) is 0.677. The fourth-order valence-corrected chi connectivity index (χ4v) is 2.11. The van der Waals surface area contributed by atoms with Crippen LogP contribution in [0.1, 0.15) is 25.3 Å². The Hall–Kier alpha value is -1.88. The minimum Gasteiger partial charge on any atom is -0.344 e. The zero-order chi connectivity index (χ0) is 13.7. The van der Waals surface area contributed by atoms with Crippen molar-refractivity contribution in [3.63, 3.8) is 0 Å². The van der Waals surface area contributed by atoms with Crippen molar-refractivity contribution in [2.24, 2.45) is 0 Å². The third-order valence-electron chi connectivity index (χ3n) is 3.14. The molecule has 102 valence electrons. The summed E-state index contributed by atoms with van der Waals surface area (Å²) in [5.41, 5.74) is 6.85. The minimum absolute atomic E-state index is 0.0579. The summed E-state index contributed by atoms with van der Waals surface area (Å²) in [6.07, 6.45) is 1.83. The number of rotatable bonds is 5. The molecule has 1 aliphatic rings. The van der Waals surface area contributed by atoms with Crippen LogP contribution < -0.4 is 16.2 Å². The molecule has 0 aromatic heterocycles. The van der Waals surface area contributed by atoms with E-state index in [1.54, 1.807) is 0 Å². The summed E-state index contributed by atoms with van der Waals surface area (Å²) in [7, 11) is 0. The molecule has 0 aliphatic carbocycles. The predicted molar refractivity (Wildman–Crippen MR) is 72.1 cm³/mol. The van der Waals surface area contributed by atoms with Crippen molar-refractivity contribution in [2.45, 2.75) is 38.3 Å². The van der Waals surface area contributed by atoms with E-state index in [9.17, 15) is 9.59 Å². The number of carbonyl (C=O) groups is 2. The van der Waals surface area contributed by atoms with E-state index in [1.165, 1.54) is 5.56 Å². The second-order valence-corrected chi connectivity index (χ2v) is 4.88. The van der Waals surface area contributed by atoms with Crippen molar-refractivity contribution in [1.29, 1.82) is 0 Å². The van der Waals surface area contributed by atoms with Gasteiger partial charge < -0.3 is 5.32 Å². The molecule has 3 N–H and O–H groups in total. The van der Waals surface area contributed by atoms with Crippen LogP contribution in [-0.4, -0.2) is 23.9 Å². The maximum Gasteiger partial charge on any atom is 0.256 e. The maximum absolute atomic E-state index is 11.8. The normalized spacial score (nSPS) is 19.8. The van der Waals surface area contributed by atoms with Gasteiger partial charge in [0.15, 0.2) is 0 Å². The molecule has 0 bridgehead atoms. The molecule has 1 aromatic rings. The van der Waals surface area contributed by atoms with Crippen LogP contribution in [0.15, 0.2) is 30.3 Å². The largest absolute Gasteiger partial charge is 0.344 e. The van der Waals surface area contributed by atoms with Crippen molar-refractivity contribution in [2.75, 3.05) is 0 Å². The van der Waals surface area contributed by atoms with Crippen LogP contribution in [0.5, 0.6) is 0 Å². The van der Waals surface area contributed by atoms with Gasteiger partial charge in [-0.3, -0.25) is 15.0 Å². The number of nitrogens with one attached hydrogen (secondary N) is 3. The van der Waals surface area contributed by atoms with E-state index in [4.69, 9.17) is 0 Å². The predicted octanol–water partition coefficient (Wildman–Crippen LogP) is 0.517. The topological polar surface area (TPSA) is 70.2 Å². The molecular formula is C14H19N3O2. The van der Waals surface area contributed by atoms with Crippen molar-refractivity contribution >= 4 is 11.8 Å². The zero-order valence-electron chi connectivity index (χ0n) is 11.0. The second kappa shape index (κ2) is 6.33. The van der Waals surface area contributed by atoms with Gasteiger partial charge in [-0.1, -0.05) is 30.3 Å². The fraction of sp³-hybridized carbons (Fsp3) is 0.429. The van der Waals surface area contributed by atoms with Crippen LogP contribution >= 0.6 is 0 Å². The Bertz CT molecular complexity index is 447. The molecule has 5 heteroatoms. The number of hydrazine groups is 1. The molecule has 2 unspecified atom stereocenters. The first-order valence-corrected chi connectivity index (χ1v) is 6.54. The van der Waals surface area contributed by atoms with Crippen LogP contribution in [0.2, 0.25) is 0 Å². The molecule has 2 rings (SSSR count). The Morgan fingerprint density at radius 3 is 2.79 bits per heavy atom. The smallest absolute Gasteiger partial charge is 0.256 e. The van der Waals surface area contributed by atoms with E-state index in [0.717, 1.165) is 6.42 Å². The number of benzene rings is 1. The Labute approximate surface area is 112 Å². The van der Waals surface area contributed by atoms with Crippen molar-refractivity contribution in [3.05, 3.63) is 35.9 Å². The molecule has 5 nitrogen and oxygen atoms in total. The monoisotopic (exact) mass is 261 g/mol. The first-order chi connectivity index (χ1) is 9.15. The van der Waals surface area contributed by atoms with E-state index < -0.39 is 6.04 Å². The van der Waals surface area contributed by atoms with Gasteiger partial charge in [-0.2, -0.15) is 0 Å². The molecule has 0 spiro atoms. The summed E-state index contributed by atoms with van der Waals surface area (Å²) in [6.45, 7) is 2.00. The lowest BCUT2D eigenvalue weighted by Gasteiger charge is -2.17. The van der Waals surface area contributed by atoms with E-state index in [2.05, 4.69) is 28.3 Å². The third kappa shape index (κ3) is 4.06. The van der Waals surface area contributed by atoms with Crippen LogP contribution in [0.4, 0.5) is 0 Å². The number of hydrogen-bond donors (Lipinski definition) is 3. The molecule has 2 amide bonds. The first-order valence-electron chi connectivity index (χ1n) is 6.54. The molecular weight excluding hydrogens is 242 g/mol. The summed E-state index contributed by atoms with van der Waals surface area (Å²) in [6, 6.07) is 9.80. The van der Waals surface area contributed by atoms with Crippen molar-refractivity contribution in [1.82, 2.24) is 16.2 Å². The Balaban J connectivity index is 1.73. The number of carbonyl (C=O) groups excluding carboxylic acids is 2. The summed E-state index contributed by atoms with van der Waals surface area (Å²) in [5, 5.41) is 2.64. The van der Waals surface area contributed by atoms with Gasteiger partial charge in [0.2, 0.25) is 5.91 Å². The van der Waals surface area contributed by atoms with Gasteiger partial charge in [-0.25, -0.2) is 5.43 Å². The molecule has 1 heterocycles. The Kier molecular flexibility index (Phi) is 4.52. The van der Waals surface area contributed by atoms with Gasteiger partial charge in [0.25, 0.3) is 5.91 Å². The number of amides is 2. The van der Waals surface area contributed by atoms with Gasteiger partial charge in [0.05, 0.1) is 0 Å². The average molecular weight is 261 g/mol. The highest BCUT2D eigenvalue weighted by atomic mass is 16.2. The standard InChI is InChI=1S/C14H19N3O2/c1-10(9-11-5-3-2-4-6-11)16-17-14(19)12-7-8-13(18)15-12/h2-6,10,12,16H,7-9H2,1H3,(H,15,18)(H,17,19). The summed E-state index contributed by atoms with van der Waals surface area (Å²) in [5.74, 6) is -0.233.